The summed E-state index contributed by atoms with van der Waals surface area (Å²) in [7, 11) is 0. The number of aryl methyl sites for hydroxylation is 1. The van der Waals surface area contributed by atoms with Crippen molar-refractivity contribution in [3.63, 3.8) is 0 Å². The number of ketones is 1. The zero-order valence-corrected chi connectivity index (χ0v) is 30.0. The number of benzene rings is 1. The Balaban J connectivity index is 2.69. The molecule has 49 heavy (non-hydrogen) atoms. The fourth-order valence-corrected chi connectivity index (χ4v) is 6.02. The number of hydrogen-bond acceptors (Lipinski definition) is 9. The van der Waals surface area contributed by atoms with Crippen LogP contribution in [-0.4, -0.2) is 97.8 Å². The van der Waals surface area contributed by atoms with Crippen LogP contribution in [0.4, 0.5) is 0 Å². The lowest BCUT2D eigenvalue weighted by atomic mass is 9.95. The number of carboxylic acid groups (broad SMARTS) is 1. The highest BCUT2D eigenvalue weighted by atomic mass is 16.4. The van der Waals surface area contributed by atoms with Gasteiger partial charge in [0, 0.05) is 13.0 Å². The molecule has 1 fully saturated rings. The molecule has 13 nitrogen and oxygen atoms in total. The van der Waals surface area contributed by atoms with Crippen LogP contribution in [-0.2, 0) is 40.0 Å². The van der Waals surface area contributed by atoms with E-state index in [1.54, 1.807) is 48.5 Å². The number of carbonyl (C=O) groups excluding carboxylic acids is 6. The van der Waals surface area contributed by atoms with Crippen LogP contribution in [0.1, 0.15) is 92.6 Å². The molecule has 0 spiro atoms. The Hall–Kier alpha value is -3.97. The van der Waals surface area contributed by atoms with Gasteiger partial charge in [0.2, 0.25) is 17.6 Å². The monoisotopic (exact) mass is 685 g/mol. The van der Waals surface area contributed by atoms with Gasteiger partial charge in [-0.3, -0.25) is 38.6 Å². The Morgan fingerprint density at radius 3 is 2.04 bits per heavy atom. The van der Waals surface area contributed by atoms with Crippen LogP contribution in [0.5, 0.6) is 0 Å². The van der Waals surface area contributed by atoms with Crippen molar-refractivity contribution in [2.75, 3.05) is 6.54 Å². The third-order valence-electron chi connectivity index (χ3n) is 8.93. The molecule has 5 atom stereocenters. The first kappa shape index (κ1) is 41.2. The molecule has 1 aliphatic heterocycles. The zero-order valence-electron chi connectivity index (χ0n) is 30.0. The number of aliphatic carboxylic acids is 1. The normalized spacial score (nSPS) is 17.1. The molecule has 1 unspecified atom stereocenters. The quantitative estimate of drug-likeness (QED) is 0.205. The highest BCUT2D eigenvalue weighted by Crippen LogP contribution is 2.27. The Bertz CT molecular complexity index is 1350. The minimum atomic E-state index is -1.73. The van der Waals surface area contributed by atoms with Gasteiger partial charge < -0.3 is 21.5 Å². The second-order valence-corrected chi connectivity index (χ2v) is 14.0. The summed E-state index contributed by atoms with van der Waals surface area (Å²) in [5.74, 6) is -8.63. The van der Waals surface area contributed by atoms with E-state index in [2.05, 4.69) is 0 Å². The van der Waals surface area contributed by atoms with Gasteiger partial charge in [-0.2, -0.15) is 0 Å². The SMILES string of the molecule is CCC(N)C(=O)C(=O)N(C(=O)[C@@H]1CCCN1C(=O)[C@@H](N)C(C)C)[C@H](CC(C)C)C(=O)N(C(=O)CCCc1ccccc1)[C@H](C(=O)O)C(C)C. The minimum absolute atomic E-state index is 0.0626. The second kappa shape index (κ2) is 18.7. The molecule has 0 bridgehead atoms. The lowest BCUT2D eigenvalue weighted by molar-refractivity contribution is -0.168. The third kappa shape index (κ3) is 10.5. The summed E-state index contributed by atoms with van der Waals surface area (Å²) >= 11 is 0. The molecule has 5 N–H and O–H groups in total. The molecular formula is C36H55N5O8. The van der Waals surface area contributed by atoms with Crippen LogP contribution >= 0.6 is 0 Å². The van der Waals surface area contributed by atoms with Gasteiger partial charge in [-0.1, -0.05) is 78.8 Å². The van der Waals surface area contributed by atoms with Crippen LogP contribution in [0.2, 0.25) is 0 Å². The first-order chi connectivity index (χ1) is 23.0. The molecule has 1 aliphatic rings. The van der Waals surface area contributed by atoms with E-state index in [4.69, 9.17) is 11.5 Å². The zero-order chi connectivity index (χ0) is 37.2. The van der Waals surface area contributed by atoms with Gasteiger partial charge in [0.25, 0.3) is 17.7 Å². The van der Waals surface area contributed by atoms with Gasteiger partial charge in [0.15, 0.2) is 0 Å². The summed E-state index contributed by atoms with van der Waals surface area (Å²) in [6, 6.07) is 2.54. The van der Waals surface area contributed by atoms with Crippen molar-refractivity contribution in [1.29, 1.82) is 0 Å². The first-order valence-corrected chi connectivity index (χ1v) is 17.3. The molecule has 1 heterocycles. The topological polar surface area (TPSA) is 201 Å². The second-order valence-electron chi connectivity index (χ2n) is 14.0. The number of rotatable bonds is 17. The molecule has 0 aromatic heterocycles. The Kier molecular flexibility index (Phi) is 15.7. The van der Waals surface area contributed by atoms with E-state index < -0.39 is 77.4 Å². The van der Waals surface area contributed by atoms with Crippen LogP contribution in [0.15, 0.2) is 30.3 Å². The lowest BCUT2D eigenvalue weighted by Crippen LogP contribution is -2.64. The maximum atomic E-state index is 14.7. The molecule has 13 heteroatoms. The van der Waals surface area contributed by atoms with Crippen molar-refractivity contribution in [3.8, 4) is 0 Å². The third-order valence-corrected chi connectivity index (χ3v) is 8.93. The number of likely N-dealkylation sites (tertiary alicyclic amines) is 1. The average molecular weight is 686 g/mol. The highest BCUT2D eigenvalue weighted by Gasteiger charge is 2.49. The summed E-state index contributed by atoms with van der Waals surface area (Å²) in [4.78, 5) is 98.9. The summed E-state index contributed by atoms with van der Waals surface area (Å²) in [5.41, 5.74) is 13.1. The van der Waals surface area contributed by atoms with Crippen LogP contribution in [0.3, 0.4) is 0 Å². The van der Waals surface area contributed by atoms with E-state index in [9.17, 15) is 38.7 Å². The Morgan fingerprint density at radius 2 is 1.53 bits per heavy atom. The lowest BCUT2D eigenvalue weighted by Gasteiger charge is -2.39. The Labute approximate surface area is 289 Å². The number of carboxylic acids is 1. The fourth-order valence-electron chi connectivity index (χ4n) is 6.02. The number of nitrogens with zero attached hydrogens (tertiary/aromatic N) is 3. The summed E-state index contributed by atoms with van der Waals surface area (Å²) < 4.78 is 0. The number of nitrogens with two attached hydrogens (primary N) is 2. The molecule has 1 aromatic carbocycles. The summed E-state index contributed by atoms with van der Waals surface area (Å²) in [6.45, 7) is 11.8. The Morgan fingerprint density at radius 1 is 0.918 bits per heavy atom. The van der Waals surface area contributed by atoms with E-state index in [0.29, 0.717) is 29.1 Å². The standard InChI is InChI=1S/C36H55N5O8/c1-8-25(37)31(43)35(47)40(32(44)26-17-13-19-39(26)34(46)29(38)22(4)5)27(20-21(2)3)33(45)41(30(23(6)7)36(48)49)28(42)18-12-16-24-14-10-9-11-15-24/h9-11,14-15,21-23,25-27,29-30H,8,12-13,16-20,37-38H2,1-7H3,(H,48,49)/t25?,26-,27+,29-,30-/m0/s1. The molecule has 1 aromatic rings. The molecule has 272 valence electrons. The van der Waals surface area contributed by atoms with E-state index >= 15 is 0 Å². The van der Waals surface area contributed by atoms with Gasteiger partial charge in [-0.25, -0.2) is 4.79 Å². The van der Waals surface area contributed by atoms with Crippen molar-refractivity contribution < 1.29 is 38.7 Å². The van der Waals surface area contributed by atoms with Crippen molar-refractivity contribution in [3.05, 3.63) is 35.9 Å². The average Bonchev–Trinajstić information content (AvgIpc) is 3.54. The van der Waals surface area contributed by atoms with E-state index in [1.165, 1.54) is 4.90 Å². The fraction of sp³-hybridized carbons (Fsp3) is 0.639. The van der Waals surface area contributed by atoms with Crippen LogP contribution < -0.4 is 11.5 Å². The van der Waals surface area contributed by atoms with Crippen molar-refractivity contribution in [2.24, 2.45) is 29.2 Å². The molecule has 2 rings (SSSR count). The van der Waals surface area contributed by atoms with E-state index in [0.717, 1.165) is 5.56 Å². The largest absolute Gasteiger partial charge is 0.480 e. The number of imide groups is 2. The van der Waals surface area contributed by atoms with Crippen LogP contribution in [0.25, 0.3) is 0 Å². The molecule has 0 aliphatic carbocycles. The number of hydrogen-bond donors (Lipinski definition) is 3. The smallest absolute Gasteiger partial charge is 0.327 e. The molecule has 0 radical (unpaired) electrons. The maximum absolute atomic E-state index is 14.7. The van der Waals surface area contributed by atoms with Gasteiger partial charge in [0.1, 0.15) is 18.1 Å². The maximum Gasteiger partial charge on any atom is 0.327 e. The van der Waals surface area contributed by atoms with Gasteiger partial charge >= 0.3 is 5.97 Å². The van der Waals surface area contributed by atoms with Crippen molar-refractivity contribution in [2.45, 2.75) is 124 Å². The van der Waals surface area contributed by atoms with Crippen molar-refractivity contribution >= 4 is 41.3 Å². The molecular weight excluding hydrogens is 630 g/mol. The number of Topliss-reactive ketones (excluding diaryl/α,β-unsaturated/α-hetero) is 1. The number of carbonyl (C=O) groups is 7. The predicted molar refractivity (Wildman–Crippen MR) is 183 cm³/mol. The van der Waals surface area contributed by atoms with E-state index in [1.807, 2.05) is 30.3 Å². The van der Waals surface area contributed by atoms with Crippen LogP contribution in [0, 0.1) is 17.8 Å². The first-order valence-electron chi connectivity index (χ1n) is 17.3. The molecule has 0 saturated carbocycles. The minimum Gasteiger partial charge on any atom is -0.480 e. The molecule has 5 amide bonds. The van der Waals surface area contributed by atoms with Gasteiger partial charge in [-0.15, -0.1) is 0 Å². The van der Waals surface area contributed by atoms with Gasteiger partial charge in [0.05, 0.1) is 12.1 Å². The molecule has 1 saturated heterocycles. The summed E-state index contributed by atoms with van der Waals surface area (Å²) in [6.07, 6.45) is 1.02. The highest BCUT2D eigenvalue weighted by molar-refractivity contribution is 6.41. The number of amides is 5. The van der Waals surface area contributed by atoms with E-state index in [-0.39, 0.29) is 44.1 Å². The predicted octanol–water partition coefficient (Wildman–Crippen LogP) is 2.52. The van der Waals surface area contributed by atoms with Crippen molar-refractivity contribution in [1.82, 2.24) is 14.7 Å². The van der Waals surface area contributed by atoms with Gasteiger partial charge in [-0.05, 0) is 61.8 Å². The summed E-state index contributed by atoms with van der Waals surface area (Å²) in [5, 5.41) is 10.3.